The van der Waals surface area contributed by atoms with E-state index in [2.05, 4.69) is 194 Å². The summed E-state index contributed by atoms with van der Waals surface area (Å²) in [5, 5.41) is 17.2. The summed E-state index contributed by atoms with van der Waals surface area (Å²) in [5.74, 6) is 0. The smallest absolute Gasteiger partial charge is 0.136 e. The average Bonchev–Trinajstić information content (AvgIpc) is 4.10. The van der Waals surface area contributed by atoms with Gasteiger partial charge in [-0.05, 0) is 157 Å². The third-order valence-electron chi connectivity index (χ3n) is 14.7. The van der Waals surface area contributed by atoms with E-state index in [1.54, 1.807) is 0 Å². The van der Waals surface area contributed by atoms with Gasteiger partial charge in [0.2, 0.25) is 0 Å². The number of hydrogen-bond acceptors (Lipinski definition) is 2. The van der Waals surface area contributed by atoms with Crippen LogP contribution in [0.3, 0.4) is 0 Å². The predicted molar refractivity (Wildman–Crippen MR) is 268 cm³/mol. The van der Waals surface area contributed by atoms with E-state index in [0.717, 1.165) is 43.9 Å². The SMILES string of the molecule is c1cc2c3c(cccc3c1)-c1c-2cc2c(ccc3c4cc5c(c(-c6cccc7oc8ccccc8c67)c4ccc23)-c2cccc3cccc-5c23)c1-c1cccc2oc3ccccc3c12. The van der Waals surface area contributed by atoms with Crippen LogP contribution in [0.25, 0.3) is 165 Å². The molecule has 0 unspecified atom stereocenters. The molecule has 0 amide bonds. The first-order chi connectivity index (χ1) is 31.8. The molecule has 0 bridgehead atoms. The van der Waals surface area contributed by atoms with E-state index in [1.807, 2.05) is 0 Å². The maximum absolute atomic E-state index is 6.55. The number of rotatable bonds is 2. The molecule has 14 aromatic rings. The molecule has 0 atom stereocenters. The van der Waals surface area contributed by atoms with Gasteiger partial charge in [0.05, 0.1) is 0 Å². The Morgan fingerprint density at radius 2 is 0.562 bits per heavy atom. The number of para-hydroxylation sites is 2. The molecule has 0 N–H and O–H groups in total. The highest BCUT2D eigenvalue weighted by Crippen LogP contribution is 2.58. The van der Waals surface area contributed by atoms with Gasteiger partial charge in [-0.3, -0.25) is 0 Å². The molecule has 12 aromatic carbocycles. The average molecular weight is 809 g/mol. The van der Waals surface area contributed by atoms with E-state index in [0.29, 0.717) is 0 Å². The summed E-state index contributed by atoms with van der Waals surface area (Å²) in [6.07, 6.45) is 0. The van der Waals surface area contributed by atoms with Gasteiger partial charge in [0.1, 0.15) is 22.3 Å². The van der Waals surface area contributed by atoms with Crippen molar-refractivity contribution in [2.24, 2.45) is 0 Å². The standard InChI is InChI=1S/C62H32O2/c1-3-23-51-41(15-1)57-45(21-9-25-53(57)63-51)59-39-29-27-36-35(47(39)31-49-37-17-5-11-33-13-7-19-43(55(33)37)61(49)59)28-30-40-48(36)32-50-38-18-6-12-34-14-8-20-44(56(34)38)62(50)60(40)46-22-10-26-54-58(46)42-16-2-4-24-52(42)64-54/h1-32H. The number of hydrogen-bond donors (Lipinski definition) is 0. The molecule has 2 aliphatic carbocycles. The molecule has 2 aliphatic rings. The van der Waals surface area contributed by atoms with Gasteiger partial charge in [-0.15, -0.1) is 0 Å². The number of benzene rings is 12. The molecule has 0 aliphatic heterocycles. The lowest BCUT2D eigenvalue weighted by molar-refractivity contribution is 0.668. The van der Waals surface area contributed by atoms with E-state index in [-0.39, 0.29) is 0 Å². The van der Waals surface area contributed by atoms with Gasteiger partial charge < -0.3 is 8.83 Å². The van der Waals surface area contributed by atoms with Crippen molar-refractivity contribution in [1.82, 2.24) is 0 Å². The fraction of sp³-hybridized carbons (Fsp3) is 0. The Kier molecular flexibility index (Phi) is 6.08. The van der Waals surface area contributed by atoms with Crippen LogP contribution in [0.1, 0.15) is 0 Å². The maximum Gasteiger partial charge on any atom is 0.136 e. The van der Waals surface area contributed by atoms with E-state index < -0.39 is 0 Å². The molecule has 2 heteroatoms. The fourth-order valence-corrected chi connectivity index (χ4v) is 12.2. The second-order valence-electron chi connectivity index (χ2n) is 17.7. The van der Waals surface area contributed by atoms with Crippen molar-refractivity contribution in [3.63, 3.8) is 0 Å². The van der Waals surface area contributed by atoms with Crippen LogP contribution >= 0.6 is 0 Å². The van der Waals surface area contributed by atoms with E-state index >= 15 is 0 Å². The molecule has 16 rings (SSSR count). The zero-order valence-corrected chi connectivity index (χ0v) is 34.3. The van der Waals surface area contributed by atoms with Crippen LogP contribution in [0.15, 0.2) is 203 Å². The molecule has 0 fully saturated rings. The molecule has 0 saturated heterocycles. The highest BCUT2D eigenvalue weighted by molar-refractivity contribution is 6.32. The van der Waals surface area contributed by atoms with Crippen LogP contribution in [0, 0.1) is 0 Å². The second-order valence-corrected chi connectivity index (χ2v) is 17.7. The van der Waals surface area contributed by atoms with Crippen LogP contribution in [-0.4, -0.2) is 0 Å². The van der Waals surface area contributed by atoms with Gasteiger partial charge in [0, 0.05) is 21.5 Å². The summed E-state index contributed by atoms with van der Waals surface area (Å²) in [7, 11) is 0. The molecule has 2 nitrogen and oxygen atoms in total. The highest BCUT2D eigenvalue weighted by atomic mass is 16.3. The van der Waals surface area contributed by atoms with E-state index in [1.165, 1.54) is 121 Å². The Morgan fingerprint density at radius 1 is 0.203 bits per heavy atom. The largest absolute Gasteiger partial charge is 0.456 e. The van der Waals surface area contributed by atoms with E-state index in [9.17, 15) is 0 Å². The second kappa shape index (κ2) is 11.7. The van der Waals surface area contributed by atoms with Crippen molar-refractivity contribution in [1.29, 1.82) is 0 Å². The van der Waals surface area contributed by atoms with Crippen LogP contribution in [0.4, 0.5) is 0 Å². The number of furan rings is 2. The molecule has 0 radical (unpaired) electrons. The van der Waals surface area contributed by atoms with Gasteiger partial charge in [0.15, 0.2) is 0 Å². The monoisotopic (exact) mass is 808 g/mol. The summed E-state index contributed by atoms with van der Waals surface area (Å²) in [6, 6.07) is 71.8. The Morgan fingerprint density at radius 3 is 1.02 bits per heavy atom. The van der Waals surface area contributed by atoms with Gasteiger partial charge in [-0.2, -0.15) is 0 Å². The zero-order valence-electron chi connectivity index (χ0n) is 34.3. The molecule has 2 aromatic heterocycles. The predicted octanol–water partition coefficient (Wildman–Crippen LogP) is 17.9. The topological polar surface area (TPSA) is 26.3 Å². The zero-order chi connectivity index (χ0) is 41.4. The van der Waals surface area contributed by atoms with Crippen molar-refractivity contribution in [2.45, 2.75) is 0 Å². The molecule has 2 heterocycles. The minimum absolute atomic E-state index is 0.905. The van der Waals surface area contributed by atoms with Gasteiger partial charge in [-0.1, -0.05) is 158 Å². The molecule has 0 saturated carbocycles. The molecular weight excluding hydrogens is 777 g/mol. The van der Waals surface area contributed by atoms with Gasteiger partial charge in [0.25, 0.3) is 0 Å². The summed E-state index contributed by atoms with van der Waals surface area (Å²) >= 11 is 0. The Bertz CT molecular complexity index is 4180. The van der Waals surface area contributed by atoms with Crippen molar-refractivity contribution < 1.29 is 8.83 Å². The Labute approximate surface area is 365 Å². The Balaban J connectivity index is 1.08. The van der Waals surface area contributed by atoms with Gasteiger partial charge >= 0.3 is 0 Å². The summed E-state index contributed by atoms with van der Waals surface area (Å²) in [5.41, 5.74) is 18.8. The first kappa shape index (κ1) is 33.2. The third kappa shape index (κ3) is 4.03. The van der Waals surface area contributed by atoms with Gasteiger partial charge in [-0.25, -0.2) is 0 Å². The minimum Gasteiger partial charge on any atom is -0.456 e. The minimum atomic E-state index is 0.905. The van der Waals surface area contributed by atoms with Crippen molar-refractivity contribution >= 4 is 97.7 Å². The maximum atomic E-state index is 6.55. The highest BCUT2D eigenvalue weighted by Gasteiger charge is 2.31. The quantitative estimate of drug-likeness (QED) is 0.163. The summed E-state index contributed by atoms with van der Waals surface area (Å²) in [4.78, 5) is 0. The lowest BCUT2D eigenvalue weighted by Crippen LogP contribution is -1.93. The lowest BCUT2D eigenvalue weighted by atomic mass is 9.83. The normalized spacial score (nSPS) is 12.7. The van der Waals surface area contributed by atoms with E-state index in [4.69, 9.17) is 8.83 Å². The molecular formula is C62H32O2. The molecule has 0 spiro atoms. The van der Waals surface area contributed by atoms with Crippen LogP contribution < -0.4 is 0 Å². The van der Waals surface area contributed by atoms with Crippen LogP contribution in [0.5, 0.6) is 0 Å². The number of fused-ring (bicyclic) bond motifs is 17. The molecule has 64 heavy (non-hydrogen) atoms. The third-order valence-corrected chi connectivity index (χ3v) is 14.7. The summed E-state index contributed by atoms with van der Waals surface area (Å²) < 4.78 is 13.1. The first-order valence-electron chi connectivity index (χ1n) is 22.2. The van der Waals surface area contributed by atoms with Crippen molar-refractivity contribution in [2.75, 3.05) is 0 Å². The molecule has 292 valence electrons. The van der Waals surface area contributed by atoms with Crippen LogP contribution in [-0.2, 0) is 0 Å². The fourth-order valence-electron chi connectivity index (χ4n) is 12.2. The first-order valence-corrected chi connectivity index (χ1v) is 22.2. The van der Waals surface area contributed by atoms with Crippen molar-refractivity contribution in [3.05, 3.63) is 194 Å². The van der Waals surface area contributed by atoms with Crippen LogP contribution in [0.2, 0.25) is 0 Å². The Hall–Kier alpha value is -8.46. The summed E-state index contributed by atoms with van der Waals surface area (Å²) in [6.45, 7) is 0. The lowest BCUT2D eigenvalue weighted by Gasteiger charge is -2.20. The van der Waals surface area contributed by atoms with Crippen molar-refractivity contribution in [3.8, 4) is 66.8 Å².